The predicted molar refractivity (Wildman–Crippen MR) is 86.9 cm³/mol. The zero-order chi connectivity index (χ0) is 18.8. The fourth-order valence-electron chi connectivity index (χ4n) is 2.06. The Morgan fingerprint density at radius 3 is 2.48 bits per heavy atom. The number of nitrogens with two attached hydrogens (primary N) is 1. The first kappa shape index (κ1) is 18.9. The monoisotopic (exact) mass is 391 g/mol. The average molecular weight is 392 g/mol. The van der Waals surface area contributed by atoms with Crippen LogP contribution in [0.15, 0.2) is 17.3 Å². The van der Waals surface area contributed by atoms with Crippen molar-refractivity contribution >= 4 is 35.2 Å². The Hall–Kier alpha value is -2.44. The minimum atomic E-state index is -4.61. The van der Waals surface area contributed by atoms with E-state index < -0.39 is 11.7 Å². The largest absolute Gasteiger partial charge is 0.416 e. The average Bonchev–Trinajstić information content (AvgIpc) is 2.83. The molecule has 0 atom stereocenters. The van der Waals surface area contributed by atoms with Gasteiger partial charge < -0.3 is 10.6 Å². The van der Waals surface area contributed by atoms with Crippen LogP contribution in [-0.4, -0.2) is 23.1 Å². The van der Waals surface area contributed by atoms with Crippen molar-refractivity contribution in [3.8, 4) is 11.8 Å². The minimum absolute atomic E-state index is 0.00246. The van der Waals surface area contributed by atoms with Crippen LogP contribution in [0.4, 0.5) is 19.0 Å². The van der Waals surface area contributed by atoms with E-state index in [-0.39, 0.29) is 33.7 Å². The summed E-state index contributed by atoms with van der Waals surface area (Å²) in [5.41, 5.74) is 5.18. The Kier molecular flexibility index (Phi) is 5.45. The Morgan fingerprint density at radius 2 is 2.00 bits per heavy atom. The van der Waals surface area contributed by atoms with Gasteiger partial charge in [0.1, 0.15) is 24.7 Å². The number of halogens is 5. The summed E-state index contributed by atoms with van der Waals surface area (Å²) in [4.78, 5) is 4.52. The van der Waals surface area contributed by atoms with Crippen molar-refractivity contribution in [3.05, 3.63) is 39.0 Å². The first-order chi connectivity index (χ1) is 11.7. The highest BCUT2D eigenvalue weighted by Gasteiger charge is 2.32. The summed E-state index contributed by atoms with van der Waals surface area (Å²) in [7, 11) is 1.34. The molecule has 0 saturated carbocycles. The van der Waals surface area contributed by atoms with Crippen LogP contribution in [0.5, 0.6) is 0 Å². The minimum Gasteiger partial charge on any atom is -0.399 e. The summed E-state index contributed by atoms with van der Waals surface area (Å²) in [6.07, 6.45) is -3.13. The quantitative estimate of drug-likeness (QED) is 0.633. The van der Waals surface area contributed by atoms with Crippen LogP contribution < -0.4 is 5.73 Å². The van der Waals surface area contributed by atoms with Crippen molar-refractivity contribution < 1.29 is 18.0 Å². The van der Waals surface area contributed by atoms with Gasteiger partial charge in [-0.15, -0.1) is 0 Å². The molecule has 2 N–H and O–H groups in total. The number of hydrogen-bond acceptors (Lipinski definition) is 5. The molecule has 1 heterocycles. The maximum atomic E-state index is 12.8. The zero-order valence-electron chi connectivity index (χ0n) is 12.6. The van der Waals surface area contributed by atoms with Crippen molar-refractivity contribution in [2.24, 2.45) is 5.16 Å². The third-order valence-corrected chi connectivity index (χ3v) is 3.74. The van der Waals surface area contributed by atoms with E-state index in [2.05, 4.69) is 15.1 Å². The Balaban J connectivity index is 2.60. The van der Waals surface area contributed by atoms with Gasteiger partial charge in [0.05, 0.1) is 15.6 Å². The van der Waals surface area contributed by atoms with Gasteiger partial charge in [-0.25, -0.2) is 4.68 Å². The van der Waals surface area contributed by atoms with Crippen molar-refractivity contribution in [1.29, 1.82) is 5.26 Å². The normalized spacial score (nSPS) is 11.7. The van der Waals surface area contributed by atoms with Gasteiger partial charge in [0.25, 0.3) is 0 Å². The molecule has 6 nitrogen and oxygen atoms in total. The second kappa shape index (κ2) is 7.21. The first-order valence-corrected chi connectivity index (χ1v) is 7.35. The van der Waals surface area contributed by atoms with E-state index in [4.69, 9.17) is 28.9 Å². The highest BCUT2D eigenvalue weighted by Crippen LogP contribution is 2.38. The SMILES string of the molecule is CON=CCc1c(C#N)nn(-c2c(Cl)cc(C(F)(F)F)cc2Cl)c1N. The van der Waals surface area contributed by atoms with E-state index in [9.17, 15) is 18.4 Å². The Bertz CT molecular complexity index is 848. The van der Waals surface area contributed by atoms with Gasteiger partial charge in [0.15, 0.2) is 5.69 Å². The molecule has 0 aliphatic rings. The van der Waals surface area contributed by atoms with Crippen LogP contribution in [0.25, 0.3) is 5.69 Å². The molecule has 0 aliphatic heterocycles. The Morgan fingerprint density at radius 1 is 1.40 bits per heavy atom. The third-order valence-electron chi connectivity index (χ3n) is 3.16. The topological polar surface area (TPSA) is 89.2 Å². The number of nitrogen functional groups attached to an aromatic ring is 1. The molecule has 11 heteroatoms. The summed E-state index contributed by atoms with van der Waals surface area (Å²) in [6.45, 7) is 0. The van der Waals surface area contributed by atoms with Crippen molar-refractivity contribution in [2.75, 3.05) is 12.8 Å². The third kappa shape index (κ3) is 3.81. The van der Waals surface area contributed by atoms with Crippen LogP contribution in [0.2, 0.25) is 10.0 Å². The number of nitriles is 1. The number of hydrogen-bond donors (Lipinski definition) is 1. The molecule has 0 spiro atoms. The van der Waals surface area contributed by atoms with Gasteiger partial charge in [-0.3, -0.25) is 0 Å². The smallest absolute Gasteiger partial charge is 0.399 e. The molecule has 25 heavy (non-hydrogen) atoms. The highest BCUT2D eigenvalue weighted by molar-refractivity contribution is 6.38. The van der Waals surface area contributed by atoms with E-state index in [1.54, 1.807) is 0 Å². The molecular weight excluding hydrogens is 382 g/mol. The van der Waals surface area contributed by atoms with Crippen LogP contribution in [0.3, 0.4) is 0 Å². The number of benzene rings is 1. The first-order valence-electron chi connectivity index (χ1n) is 6.59. The van der Waals surface area contributed by atoms with Crippen molar-refractivity contribution in [2.45, 2.75) is 12.6 Å². The second-order valence-corrected chi connectivity index (χ2v) is 5.51. The summed E-state index contributed by atoms with van der Waals surface area (Å²) in [6, 6.07) is 3.27. The molecule has 0 fully saturated rings. The van der Waals surface area contributed by atoms with Crippen molar-refractivity contribution in [1.82, 2.24) is 9.78 Å². The molecule has 132 valence electrons. The summed E-state index contributed by atoms with van der Waals surface area (Å²) in [5, 5.41) is 16.1. The lowest BCUT2D eigenvalue weighted by molar-refractivity contribution is -0.137. The van der Waals surface area contributed by atoms with E-state index in [0.29, 0.717) is 17.7 Å². The molecule has 0 unspecified atom stereocenters. The molecular formula is C14H10Cl2F3N5O. The number of nitrogens with zero attached hydrogens (tertiary/aromatic N) is 4. The molecule has 2 rings (SSSR count). The van der Waals surface area contributed by atoms with Gasteiger partial charge in [-0.2, -0.15) is 23.5 Å². The maximum Gasteiger partial charge on any atom is 0.416 e. The van der Waals surface area contributed by atoms with Crippen LogP contribution in [0, 0.1) is 11.3 Å². The zero-order valence-corrected chi connectivity index (χ0v) is 14.1. The predicted octanol–water partition coefficient (Wildman–Crippen LogP) is 3.83. The molecule has 2 aromatic rings. The molecule has 0 saturated heterocycles. The van der Waals surface area contributed by atoms with Gasteiger partial charge in [0.2, 0.25) is 0 Å². The number of aromatic nitrogens is 2. The lowest BCUT2D eigenvalue weighted by atomic mass is 10.1. The van der Waals surface area contributed by atoms with E-state index >= 15 is 0 Å². The van der Waals surface area contributed by atoms with Crippen LogP contribution in [-0.2, 0) is 17.4 Å². The lowest BCUT2D eigenvalue weighted by Crippen LogP contribution is -2.09. The maximum absolute atomic E-state index is 12.8. The molecule has 0 aliphatic carbocycles. The summed E-state index contributed by atoms with van der Waals surface area (Å²) >= 11 is 11.9. The Labute approximate surface area is 150 Å². The fraction of sp³-hybridized carbons (Fsp3) is 0.214. The van der Waals surface area contributed by atoms with Crippen molar-refractivity contribution in [3.63, 3.8) is 0 Å². The number of oxime groups is 1. The van der Waals surface area contributed by atoms with E-state index in [1.807, 2.05) is 6.07 Å². The van der Waals surface area contributed by atoms with Gasteiger partial charge >= 0.3 is 6.18 Å². The second-order valence-electron chi connectivity index (χ2n) is 4.70. The highest BCUT2D eigenvalue weighted by atomic mass is 35.5. The molecule has 0 radical (unpaired) electrons. The van der Waals surface area contributed by atoms with Gasteiger partial charge in [-0.05, 0) is 12.1 Å². The molecule has 0 amide bonds. The molecule has 1 aromatic carbocycles. The molecule has 0 bridgehead atoms. The molecule has 1 aromatic heterocycles. The standard InChI is InChI=1S/C14H10Cl2F3N5O/c1-25-22-3-2-8-11(6-20)23-24(13(8)21)12-9(15)4-7(5-10(12)16)14(17,18)19/h3-5H,2,21H2,1H3. The van der Waals surface area contributed by atoms with Gasteiger partial charge in [-0.1, -0.05) is 28.4 Å². The fourth-order valence-corrected chi connectivity index (χ4v) is 2.71. The van der Waals surface area contributed by atoms with E-state index in [0.717, 1.165) is 4.68 Å². The number of alkyl halides is 3. The van der Waals surface area contributed by atoms with Gasteiger partial charge in [0, 0.05) is 18.2 Å². The van der Waals surface area contributed by atoms with E-state index in [1.165, 1.54) is 13.3 Å². The lowest BCUT2D eigenvalue weighted by Gasteiger charge is -2.13. The van der Waals surface area contributed by atoms with Crippen LogP contribution >= 0.6 is 23.2 Å². The number of anilines is 1. The number of rotatable bonds is 4. The summed E-state index contributed by atoms with van der Waals surface area (Å²) in [5.74, 6) is 0.00246. The van der Waals surface area contributed by atoms with Crippen LogP contribution in [0.1, 0.15) is 16.8 Å². The summed E-state index contributed by atoms with van der Waals surface area (Å²) < 4.78 is 39.5.